The van der Waals surface area contributed by atoms with Gasteiger partial charge < -0.3 is 14.2 Å². The van der Waals surface area contributed by atoms with Crippen molar-refractivity contribution in [2.24, 2.45) is 29.6 Å². The Bertz CT molecular complexity index is 1560. The van der Waals surface area contributed by atoms with Crippen molar-refractivity contribution in [1.29, 1.82) is 0 Å². The third-order valence-electron chi connectivity index (χ3n) is 10.1. The van der Waals surface area contributed by atoms with Gasteiger partial charge in [0.05, 0.1) is 6.61 Å². The molecule has 0 N–H and O–H groups in total. The number of allylic oxidation sites excluding steroid dienone is 8. The molecule has 5 atom stereocenters. The molecular formula is C44H52O3. The molecule has 0 amide bonds. The molecule has 3 aromatic carbocycles. The van der Waals surface area contributed by atoms with E-state index >= 15 is 0 Å². The van der Waals surface area contributed by atoms with Gasteiger partial charge in [-0.1, -0.05) is 131 Å². The molecular weight excluding hydrogens is 576 g/mol. The number of ether oxygens (including phenoxy) is 3. The van der Waals surface area contributed by atoms with Gasteiger partial charge in [0.1, 0.15) is 18.1 Å². The second-order valence-corrected chi connectivity index (χ2v) is 14.2. The van der Waals surface area contributed by atoms with Crippen LogP contribution in [0.25, 0.3) is 16.7 Å². The molecule has 3 nitrogen and oxygen atoms in total. The number of hydrogen-bond donors (Lipinski definition) is 0. The topological polar surface area (TPSA) is 27.7 Å². The Morgan fingerprint density at radius 3 is 2.30 bits per heavy atom. The molecule has 5 unspecified atom stereocenters. The minimum absolute atomic E-state index is 0.288. The van der Waals surface area contributed by atoms with Gasteiger partial charge >= 0.3 is 0 Å². The maximum Gasteiger partial charge on any atom is 0.203 e. The molecule has 0 radical (unpaired) electrons. The molecule has 0 spiro atoms. The molecule has 0 heterocycles. The Hall–Kier alpha value is -3.82. The monoisotopic (exact) mass is 628 g/mol. The van der Waals surface area contributed by atoms with Gasteiger partial charge in [0.2, 0.25) is 6.29 Å². The molecule has 1 fully saturated rings. The van der Waals surface area contributed by atoms with Crippen LogP contribution in [0.3, 0.4) is 0 Å². The molecule has 0 aromatic heterocycles. The van der Waals surface area contributed by atoms with E-state index in [0.717, 1.165) is 48.3 Å². The lowest BCUT2D eigenvalue weighted by Gasteiger charge is -2.30. The summed E-state index contributed by atoms with van der Waals surface area (Å²) in [5.41, 5.74) is 6.14. The molecule has 3 aliphatic rings. The summed E-state index contributed by atoms with van der Waals surface area (Å²) in [4.78, 5) is 0. The SMILES string of the molecule is CC(C)CC(c1ccc(OC(OCCOc2c(C3=CC=CCC3)cccc2-c2ccccc2)C2CCC3C=CC=CC32)cc1)C(C)C. The van der Waals surface area contributed by atoms with E-state index in [2.05, 4.69) is 143 Å². The van der Waals surface area contributed by atoms with Crippen LogP contribution in [0, 0.1) is 29.6 Å². The molecule has 3 aromatic rings. The van der Waals surface area contributed by atoms with Crippen LogP contribution < -0.4 is 9.47 Å². The Kier molecular flexibility index (Phi) is 11.2. The Morgan fingerprint density at radius 2 is 1.55 bits per heavy atom. The summed E-state index contributed by atoms with van der Waals surface area (Å²) in [6.45, 7) is 10.2. The van der Waals surface area contributed by atoms with Gasteiger partial charge in [-0.25, -0.2) is 0 Å². The summed E-state index contributed by atoms with van der Waals surface area (Å²) in [5.74, 6) is 4.89. The van der Waals surface area contributed by atoms with Crippen molar-refractivity contribution in [3.63, 3.8) is 0 Å². The van der Waals surface area contributed by atoms with Crippen molar-refractivity contribution < 1.29 is 14.2 Å². The van der Waals surface area contributed by atoms with Crippen molar-refractivity contribution in [2.45, 2.75) is 72.0 Å². The Labute approximate surface area is 283 Å². The minimum Gasteiger partial charge on any atom is -0.490 e. The number of fused-ring (bicyclic) bond motifs is 1. The van der Waals surface area contributed by atoms with Crippen LogP contribution in [0.4, 0.5) is 0 Å². The van der Waals surface area contributed by atoms with Gasteiger partial charge in [-0.2, -0.15) is 0 Å². The summed E-state index contributed by atoms with van der Waals surface area (Å²) in [6, 6.07) is 25.9. The second kappa shape index (κ2) is 15.8. The summed E-state index contributed by atoms with van der Waals surface area (Å²) >= 11 is 0. The summed E-state index contributed by atoms with van der Waals surface area (Å²) in [7, 11) is 0. The van der Waals surface area contributed by atoms with Crippen molar-refractivity contribution >= 4 is 5.57 Å². The van der Waals surface area contributed by atoms with Crippen LogP contribution in [0.5, 0.6) is 11.5 Å². The summed E-state index contributed by atoms with van der Waals surface area (Å²) in [6.07, 6.45) is 20.9. The molecule has 6 rings (SSSR count). The molecule has 3 aliphatic carbocycles. The van der Waals surface area contributed by atoms with Crippen LogP contribution in [0.15, 0.2) is 115 Å². The highest BCUT2D eigenvalue weighted by molar-refractivity contribution is 5.81. The van der Waals surface area contributed by atoms with Crippen molar-refractivity contribution in [2.75, 3.05) is 13.2 Å². The van der Waals surface area contributed by atoms with Crippen molar-refractivity contribution in [3.05, 3.63) is 126 Å². The fourth-order valence-corrected chi connectivity index (χ4v) is 7.71. The third kappa shape index (κ3) is 8.19. The van der Waals surface area contributed by atoms with E-state index < -0.39 is 0 Å². The van der Waals surface area contributed by atoms with E-state index in [1.165, 1.54) is 23.1 Å². The average Bonchev–Trinajstić information content (AvgIpc) is 3.53. The highest BCUT2D eigenvalue weighted by Crippen LogP contribution is 2.44. The average molecular weight is 629 g/mol. The van der Waals surface area contributed by atoms with E-state index in [1.54, 1.807) is 0 Å². The van der Waals surface area contributed by atoms with Crippen LogP contribution >= 0.6 is 0 Å². The first-order chi connectivity index (χ1) is 23.0. The van der Waals surface area contributed by atoms with E-state index in [4.69, 9.17) is 14.2 Å². The highest BCUT2D eigenvalue weighted by atomic mass is 16.7. The molecule has 0 saturated heterocycles. The number of hydrogen-bond acceptors (Lipinski definition) is 3. The first-order valence-corrected chi connectivity index (χ1v) is 17.9. The van der Waals surface area contributed by atoms with Crippen LogP contribution in [0.2, 0.25) is 0 Å². The van der Waals surface area contributed by atoms with Gasteiger partial charge in [-0.15, -0.1) is 0 Å². The zero-order valence-electron chi connectivity index (χ0n) is 28.7. The minimum atomic E-state index is -0.345. The Morgan fingerprint density at radius 1 is 0.766 bits per heavy atom. The molecule has 246 valence electrons. The summed E-state index contributed by atoms with van der Waals surface area (Å²) < 4.78 is 20.1. The van der Waals surface area contributed by atoms with Gasteiger partial charge in [-0.3, -0.25) is 0 Å². The highest BCUT2D eigenvalue weighted by Gasteiger charge is 2.40. The van der Waals surface area contributed by atoms with Gasteiger partial charge in [0.25, 0.3) is 0 Å². The molecule has 0 aliphatic heterocycles. The van der Waals surface area contributed by atoms with E-state index in [9.17, 15) is 0 Å². The molecule has 3 heteroatoms. The van der Waals surface area contributed by atoms with Crippen molar-refractivity contribution in [3.8, 4) is 22.6 Å². The lowest BCUT2D eigenvalue weighted by atomic mass is 9.82. The quantitative estimate of drug-likeness (QED) is 0.131. The van der Waals surface area contributed by atoms with Gasteiger partial charge in [0, 0.05) is 17.0 Å². The third-order valence-corrected chi connectivity index (χ3v) is 10.1. The normalized spacial score (nSPS) is 21.5. The number of para-hydroxylation sites is 1. The fraction of sp³-hybridized carbons (Fsp3) is 0.409. The zero-order valence-corrected chi connectivity index (χ0v) is 28.7. The maximum absolute atomic E-state index is 6.74. The second-order valence-electron chi connectivity index (χ2n) is 14.2. The predicted molar refractivity (Wildman–Crippen MR) is 196 cm³/mol. The standard InChI is InChI=1S/C44H52O3/c1-31(2)30-42(32(3)4)36-22-25-37(26-23-36)47-44(41-27-24-35-18-11-12-19-38(35)41)46-29-28-45-43-39(33-14-7-5-8-15-33)20-13-21-40(43)34-16-9-6-10-17-34/h5-9,11-16,18-23,25-26,31-32,35,38,41-42,44H,10,17,24,27-30H2,1-4H3. The van der Waals surface area contributed by atoms with Gasteiger partial charge in [-0.05, 0) is 90.5 Å². The van der Waals surface area contributed by atoms with Crippen LogP contribution in [0.1, 0.15) is 76.8 Å². The maximum atomic E-state index is 6.74. The van der Waals surface area contributed by atoms with Crippen molar-refractivity contribution in [1.82, 2.24) is 0 Å². The number of rotatable bonds is 14. The van der Waals surface area contributed by atoms with E-state index in [-0.39, 0.29) is 12.2 Å². The molecule has 1 saturated carbocycles. The van der Waals surface area contributed by atoms with Crippen LogP contribution in [-0.2, 0) is 4.74 Å². The molecule has 0 bridgehead atoms. The number of benzene rings is 3. The van der Waals surface area contributed by atoms with Gasteiger partial charge in [0.15, 0.2) is 0 Å². The van der Waals surface area contributed by atoms with Crippen LogP contribution in [-0.4, -0.2) is 19.5 Å². The first-order valence-electron chi connectivity index (χ1n) is 17.9. The first kappa shape index (κ1) is 33.1. The lowest BCUT2D eigenvalue weighted by Crippen LogP contribution is -2.34. The smallest absolute Gasteiger partial charge is 0.203 e. The Balaban J connectivity index is 1.19. The fourth-order valence-electron chi connectivity index (χ4n) is 7.71. The van der Waals surface area contributed by atoms with E-state index in [0.29, 0.717) is 42.8 Å². The molecule has 47 heavy (non-hydrogen) atoms. The largest absolute Gasteiger partial charge is 0.490 e. The zero-order chi connectivity index (χ0) is 32.6. The lowest BCUT2D eigenvalue weighted by molar-refractivity contribution is -0.126. The van der Waals surface area contributed by atoms with E-state index in [1.807, 2.05) is 0 Å². The predicted octanol–water partition coefficient (Wildman–Crippen LogP) is 11.4. The summed E-state index contributed by atoms with van der Waals surface area (Å²) in [5, 5.41) is 0.